The van der Waals surface area contributed by atoms with E-state index in [9.17, 15) is 18.0 Å². The number of hydrogen-bond donors (Lipinski definition) is 1. The fraction of sp³-hybridized carbons (Fsp3) is 0.308. The van der Waals surface area contributed by atoms with Gasteiger partial charge in [0.15, 0.2) is 0 Å². The monoisotopic (exact) mass is 257 g/mol. The van der Waals surface area contributed by atoms with Gasteiger partial charge in [0.1, 0.15) is 0 Å². The molecule has 0 aromatic heterocycles. The lowest BCUT2D eigenvalue weighted by Gasteiger charge is -2.14. The second-order valence-corrected chi connectivity index (χ2v) is 4.09. The van der Waals surface area contributed by atoms with Crippen LogP contribution in [0.1, 0.15) is 19.4 Å². The van der Waals surface area contributed by atoms with Gasteiger partial charge in [-0.05, 0) is 19.4 Å². The standard InChI is InChI=1S/C13H14F3NO/c1-9(2)17-11(8-12(18)13(14,15)16)10-6-4-3-5-7-10/h3-9,17H,1-2H3/b11-8+. The van der Waals surface area contributed by atoms with E-state index in [1.165, 1.54) is 0 Å². The number of hydrogen-bond acceptors (Lipinski definition) is 2. The van der Waals surface area contributed by atoms with Crippen LogP contribution >= 0.6 is 0 Å². The zero-order chi connectivity index (χ0) is 13.8. The largest absolute Gasteiger partial charge is 0.454 e. The summed E-state index contributed by atoms with van der Waals surface area (Å²) >= 11 is 0. The average Bonchev–Trinajstić information content (AvgIpc) is 2.27. The zero-order valence-electron chi connectivity index (χ0n) is 10.1. The lowest BCUT2D eigenvalue weighted by molar-refractivity contribution is -0.165. The van der Waals surface area contributed by atoms with Crippen LogP contribution in [0.25, 0.3) is 5.70 Å². The minimum absolute atomic E-state index is 0.0718. The number of carbonyl (C=O) groups is 1. The van der Waals surface area contributed by atoms with Crippen LogP contribution < -0.4 is 5.32 Å². The van der Waals surface area contributed by atoms with Gasteiger partial charge >= 0.3 is 6.18 Å². The zero-order valence-corrected chi connectivity index (χ0v) is 10.1. The summed E-state index contributed by atoms with van der Waals surface area (Å²) < 4.78 is 36.7. The first kappa shape index (κ1) is 14.3. The number of rotatable bonds is 4. The molecule has 1 aromatic carbocycles. The molecular weight excluding hydrogens is 243 g/mol. The second kappa shape index (κ2) is 5.71. The summed E-state index contributed by atoms with van der Waals surface area (Å²) in [5, 5.41) is 2.84. The van der Waals surface area contributed by atoms with Crippen molar-refractivity contribution in [2.24, 2.45) is 0 Å². The number of alkyl halides is 3. The van der Waals surface area contributed by atoms with Gasteiger partial charge in [-0.1, -0.05) is 30.3 Å². The molecule has 0 spiro atoms. The van der Waals surface area contributed by atoms with E-state index in [4.69, 9.17) is 0 Å². The third kappa shape index (κ3) is 4.24. The predicted octanol–water partition coefficient (Wildman–Crippen LogP) is 3.16. The number of ketones is 1. The van der Waals surface area contributed by atoms with Crippen molar-refractivity contribution in [1.82, 2.24) is 5.32 Å². The number of benzene rings is 1. The van der Waals surface area contributed by atoms with Gasteiger partial charge in [0.25, 0.3) is 5.78 Å². The summed E-state index contributed by atoms with van der Waals surface area (Å²) in [5.74, 6) is -1.87. The van der Waals surface area contributed by atoms with Gasteiger partial charge in [-0.3, -0.25) is 4.79 Å². The van der Waals surface area contributed by atoms with E-state index in [1.54, 1.807) is 44.2 Å². The Hall–Kier alpha value is -1.78. The molecule has 18 heavy (non-hydrogen) atoms. The van der Waals surface area contributed by atoms with E-state index in [1.807, 2.05) is 0 Å². The van der Waals surface area contributed by atoms with Gasteiger partial charge in [0, 0.05) is 17.8 Å². The maximum atomic E-state index is 12.2. The summed E-state index contributed by atoms with van der Waals surface area (Å²) in [6.45, 7) is 3.57. The van der Waals surface area contributed by atoms with Gasteiger partial charge in [0.2, 0.25) is 0 Å². The molecule has 0 saturated carbocycles. The quantitative estimate of drug-likeness (QED) is 0.839. The highest BCUT2D eigenvalue weighted by molar-refractivity contribution is 6.00. The van der Waals surface area contributed by atoms with Crippen LogP contribution in [0, 0.1) is 0 Å². The van der Waals surface area contributed by atoms with Gasteiger partial charge in [-0.15, -0.1) is 0 Å². The molecule has 0 amide bonds. The highest BCUT2D eigenvalue weighted by Gasteiger charge is 2.36. The minimum Gasteiger partial charge on any atom is -0.382 e. The summed E-state index contributed by atoms with van der Waals surface area (Å²) in [6, 6.07) is 8.36. The molecule has 1 rings (SSSR count). The highest BCUT2D eigenvalue weighted by atomic mass is 19.4. The van der Waals surface area contributed by atoms with Crippen molar-refractivity contribution in [3.8, 4) is 0 Å². The second-order valence-electron chi connectivity index (χ2n) is 4.09. The summed E-state index contributed by atoms with van der Waals surface area (Å²) in [5.41, 5.74) is 0.719. The van der Waals surface area contributed by atoms with E-state index in [0.717, 1.165) is 0 Å². The fourth-order valence-electron chi connectivity index (χ4n) is 1.35. The molecule has 0 fully saturated rings. The molecule has 5 heteroatoms. The van der Waals surface area contributed by atoms with E-state index in [-0.39, 0.29) is 11.7 Å². The minimum atomic E-state index is -4.85. The van der Waals surface area contributed by atoms with Crippen molar-refractivity contribution in [2.45, 2.75) is 26.1 Å². The van der Waals surface area contributed by atoms with E-state index in [2.05, 4.69) is 5.32 Å². The molecule has 0 aliphatic carbocycles. The average molecular weight is 257 g/mol. The third-order valence-electron chi connectivity index (χ3n) is 2.08. The molecule has 98 valence electrons. The summed E-state index contributed by atoms with van der Waals surface area (Å²) in [4.78, 5) is 11.0. The Labute approximate surface area is 104 Å². The Bertz CT molecular complexity index is 435. The summed E-state index contributed by atoms with van der Waals surface area (Å²) in [6.07, 6.45) is -4.26. The van der Waals surface area contributed by atoms with Crippen molar-refractivity contribution in [2.75, 3.05) is 0 Å². The topological polar surface area (TPSA) is 29.1 Å². The van der Waals surface area contributed by atoms with E-state index in [0.29, 0.717) is 11.6 Å². The molecule has 2 nitrogen and oxygen atoms in total. The van der Waals surface area contributed by atoms with Crippen molar-refractivity contribution in [3.05, 3.63) is 42.0 Å². The van der Waals surface area contributed by atoms with Crippen LogP contribution in [-0.2, 0) is 4.79 Å². The Kier molecular flexibility index (Phi) is 4.53. The third-order valence-corrected chi connectivity index (χ3v) is 2.08. The van der Waals surface area contributed by atoms with Crippen molar-refractivity contribution in [1.29, 1.82) is 0 Å². The lowest BCUT2D eigenvalue weighted by atomic mass is 10.1. The van der Waals surface area contributed by atoms with Crippen LogP contribution in [0.2, 0.25) is 0 Å². The Morgan fingerprint density at radius 3 is 2.22 bits per heavy atom. The molecule has 1 aromatic rings. The number of carbonyl (C=O) groups excluding carboxylic acids is 1. The maximum Gasteiger partial charge on any atom is 0.454 e. The van der Waals surface area contributed by atoms with E-state index < -0.39 is 12.0 Å². The van der Waals surface area contributed by atoms with Crippen LogP contribution in [-0.4, -0.2) is 18.0 Å². The Morgan fingerprint density at radius 2 is 1.78 bits per heavy atom. The Morgan fingerprint density at radius 1 is 1.22 bits per heavy atom. The van der Waals surface area contributed by atoms with Crippen LogP contribution in [0.3, 0.4) is 0 Å². The first-order valence-corrected chi connectivity index (χ1v) is 5.45. The van der Waals surface area contributed by atoms with Gasteiger partial charge in [-0.2, -0.15) is 13.2 Å². The molecule has 0 bridgehead atoms. The molecule has 0 aliphatic rings. The van der Waals surface area contributed by atoms with Gasteiger partial charge in [0.05, 0.1) is 0 Å². The molecule has 0 atom stereocenters. The van der Waals surface area contributed by atoms with Crippen LogP contribution in [0.15, 0.2) is 36.4 Å². The maximum absolute atomic E-state index is 12.2. The van der Waals surface area contributed by atoms with E-state index >= 15 is 0 Å². The summed E-state index contributed by atoms with van der Waals surface area (Å²) in [7, 11) is 0. The van der Waals surface area contributed by atoms with Crippen LogP contribution in [0.4, 0.5) is 13.2 Å². The smallest absolute Gasteiger partial charge is 0.382 e. The fourth-order valence-corrected chi connectivity index (χ4v) is 1.35. The SMILES string of the molecule is CC(C)N/C(=C/C(=O)C(F)(F)F)c1ccccc1. The highest BCUT2D eigenvalue weighted by Crippen LogP contribution is 2.20. The molecule has 1 N–H and O–H groups in total. The number of halogens is 3. The van der Waals surface area contributed by atoms with Crippen LogP contribution in [0.5, 0.6) is 0 Å². The molecule has 0 unspecified atom stereocenters. The number of nitrogens with one attached hydrogen (secondary N) is 1. The molecule has 0 heterocycles. The van der Waals surface area contributed by atoms with Gasteiger partial charge in [-0.25, -0.2) is 0 Å². The molecule has 0 radical (unpaired) electrons. The van der Waals surface area contributed by atoms with Crippen molar-refractivity contribution in [3.63, 3.8) is 0 Å². The lowest BCUT2D eigenvalue weighted by Crippen LogP contribution is -2.25. The predicted molar refractivity (Wildman–Crippen MR) is 63.8 cm³/mol. The molecule has 0 saturated heterocycles. The van der Waals surface area contributed by atoms with Crippen molar-refractivity contribution >= 4 is 11.5 Å². The van der Waals surface area contributed by atoms with Crippen molar-refractivity contribution < 1.29 is 18.0 Å². The first-order valence-electron chi connectivity index (χ1n) is 5.45. The normalized spacial score (nSPS) is 12.7. The molecule has 0 aliphatic heterocycles. The van der Waals surface area contributed by atoms with Gasteiger partial charge < -0.3 is 5.32 Å². The number of allylic oxidation sites excluding steroid dienone is 1. The Balaban J connectivity index is 3.07. The first-order chi connectivity index (χ1) is 8.30. The molecular formula is C13H14F3NO.